The first kappa shape index (κ1) is 31.5. The van der Waals surface area contributed by atoms with Crippen molar-refractivity contribution in [3.63, 3.8) is 0 Å². The predicted molar refractivity (Wildman–Crippen MR) is 222 cm³/mol. The fourth-order valence-corrected chi connectivity index (χ4v) is 9.67. The summed E-state index contributed by atoms with van der Waals surface area (Å²) in [4.78, 5) is 3.56. The van der Waals surface area contributed by atoms with Gasteiger partial charge in [0.05, 0.1) is 11.0 Å². The summed E-state index contributed by atoms with van der Waals surface area (Å²) in [6.45, 7) is 6.75. The summed E-state index contributed by atoms with van der Waals surface area (Å²) in [5, 5.41) is 2.67. The molecule has 0 saturated heterocycles. The lowest BCUT2D eigenvalue weighted by molar-refractivity contribution is 0.332. The Bertz CT molecular complexity index is 2620. The van der Waals surface area contributed by atoms with Crippen molar-refractivity contribution in [1.82, 2.24) is 9.47 Å². The van der Waals surface area contributed by atoms with Crippen molar-refractivity contribution >= 4 is 45.6 Å². The van der Waals surface area contributed by atoms with E-state index in [2.05, 4.69) is 157 Å². The third-order valence-corrected chi connectivity index (χ3v) is 12.3. The molecule has 0 saturated carbocycles. The number of allylic oxidation sites excluding steroid dienone is 8. The Kier molecular flexibility index (Phi) is 7.37. The van der Waals surface area contributed by atoms with Crippen LogP contribution in [0.25, 0.3) is 49.8 Å². The minimum Gasteiger partial charge on any atom is -0.363 e. The number of benzene rings is 5. The van der Waals surface area contributed by atoms with Crippen LogP contribution in [0.15, 0.2) is 161 Å². The third-order valence-electron chi connectivity index (χ3n) is 11.9. The maximum atomic E-state index is 4.71. The molecule has 0 atom stereocenters. The standard InChI is InChI=1S/C49H42N2S/c1-49(2)43-18-6-3-16-39(43)41-25-26-42-40-17-4-7-19-45(40)51(48(42)47(41)49)37-14-9-11-32(29-37)31-50-28-27-44(50)34-23-21-33(22-24-34)35-12-10-13-36(30-35)38-15-5-8-20-46(38)52/h4-15,17-21,23,25-27,29-30,52H,3,16,22,24,28,31H2,1-2H3. The summed E-state index contributed by atoms with van der Waals surface area (Å²) < 4.78 is 2.56. The van der Waals surface area contributed by atoms with Gasteiger partial charge in [-0.15, -0.1) is 12.6 Å². The molecule has 0 radical (unpaired) electrons. The molecule has 0 fully saturated rings. The van der Waals surface area contributed by atoms with Crippen molar-refractivity contribution in [2.75, 3.05) is 6.54 Å². The average molecular weight is 691 g/mol. The SMILES string of the molecule is CC1(C)C2=C(CCC=C2)c2ccc3c4ccccc4n(-c4cccc(CN5CC=C5C5=CC=C(c6cccc(-c7ccccc7S)c6)CC5)c4)c3c21. The second-order valence-electron chi connectivity index (χ2n) is 15.3. The van der Waals surface area contributed by atoms with Gasteiger partial charge in [0.2, 0.25) is 0 Å². The summed E-state index contributed by atoms with van der Waals surface area (Å²) in [7, 11) is 0. The highest BCUT2D eigenvalue weighted by atomic mass is 32.1. The van der Waals surface area contributed by atoms with Crippen molar-refractivity contribution in [2.45, 2.75) is 56.4 Å². The molecule has 52 heavy (non-hydrogen) atoms. The first-order chi connectivity index (χ1) is 25.5. The molecule has 3 aliphatic carbocycles. The molecule has 2 heterocycles. The van der Waals surface area contributed by atoms with Crippen LogP contribution in [0.1, 0.15) is 61.8 Å². The Morgan fingerprint density at radius 1 is 0.712 bits per heavy atom. The molecular weight excluding hydrogens is 649 g/mol. The molecule has 10 rings (SSSR count). The van der Waals surface area contributed by atoms with E-state index in [0.717, 1.165) is 43.7 Å². The molecule has 5 aromatic carbocycles. The van der Waals surface area contributed by atoms with E-state index in [4.69, 9.17) is 12.6 Å². The molecule has 6 aromatic rings. The van der Waals surface area contributed by atoms with Gasteiger partial charge in [0.15, 0.2) is 0 Å². The maximum absolute atomic E-state index is 4.71. The lowest BCUT2D eigenvalue weighted by Crippen LogP contribution is -2.32. The molecule has 0 spiro atoms. The van der Waals surface area contributed by atoms with Crippen molar-refractivity contribution in [3.8, 4) is 16.8 Å². The molecule has 4 aliphatic rings. The van der Waals surface area contributed by atoms with E-state index in [-0.39, 0.29) is 5.41 Å². The fourth-order valence-electron chi connectivity index (χ4n) is 9.38. The van der Waals surface area contributed by atoms with E-state index in [1.807, 2.05) is 6.07 Å². The quantitative estimate of drug-likeness (QED) is 0.171. The second kappa shape index (κ2) is 12.2. The highest BCUT2D eigenvalue weighted by Gasteiger charge is 2.40. The highest BCUT2D eigenvalue weighted by Crippen LogP contribution is 2.53. The molecular formula is C49H42N2S. The number of hydrogen-bond donors (Lipinski definition) is 1. The maximum Gasteiger partial charge on any atom is 0.0588 e. The lowest BCUT2D eigenvalue weighted by atomic mass is 9.79. The zero-order valence-corrected chi connectivity index (χ0v) is 30.8. The summed E-state index contributed by atoms with van der Waals surface area (Å²) >= 11 is 4.71. The molecule has 2 nitrogen and oxygen atoms in total. The van der Waals surface area contributed by atoms with Crippen LogP contribution in [-0.4, -0.2) is 16.0 Å². The smallest absolute Gasteiger partial charge is 0.0588 e. The topological polar surface area (TPSA) is 8.17 Å². The number of fused-ring (bicyclic) bond motifs is 6. The monoisotopic (exact) mass is 690 g/mol. The van der Waals surface area contributed by atoms with Gasteiger partial charge < -0.3 is 9.47 Å². The minimum atomic E-state index is -0.0507. The van der Waals surface area contributed by atoms with Crippen molar-refractivity contribution in [3.05, 3.63) is 179 Å². The molecule has 0 amide bonds. The summed E-state index contributed by atoms with van der Waals surface area (Å²) in [5.41, 5.74) is 19.1. The van der Waals surface area contributed by atoms with Crippen LogP contribution in [-0.2, 0) is 12.0 Å². The lowest BCUT2D eigenvalue weighted by Gasteiger charge is -2.36. The fraction of sp³-hybridized carbons (Fsp3) is 0.184. The van der Waals surface area contributed by atoms with Gasteiger partial charge in [-0.3, -0.25) is 0 Å². The highest BCUT2D eigenvalue weighted by molar-refractivity contribution is 7.80. The van der Waals surface area contributed by atoms with Gasteiger partial charge in [-0.25, -0.2) is 0 Å². The van der Waals surface area contributed by atoms with E-state index < -0.39 is 0 Å². The molecule has 254 valence electrons. The minimum absolute atomic E-state index is 0.0507. The molecule has 0 unspecified atom stereocenters. The molecule has 3 heteroatoms. The average Bonchev–Trinajstić information content (AvgIpc) is 3.63. The Balaban J connectivity index is 0.956. The summed E-state index contributed by atoms with van der Waals surface area (Å²) in [6.07, 6.45) is 16.2. The Morgan fingerprint density at radius 2 is 1.52 bits per heavy atom. The number of hydrogen-bond acceptors (Lipinski definition) is 2. The van der Waals surface area contributed by atoms with Gasteiger partial charge in [-0.1, -0.05) is 117 Å². The number of rotatable bonds is 6. The van der Waals surface area contributed by atoms with Crippen LogP contribution in [0.4, 0.5) is 0 Å². The zero-order chi connectivity index (χ0) is 35.0. The number of para-hydroxylation sites is 1. The number of aromatic nitrogens is 1. The van der Waals surface area contributed by atoms with E-state index in [1.54, 1.807) is 5.57 Å². The van der Waals surface area contributed by atoms with Crippen molar-refractivity contribution < 1.29 is 0 Å². The molecule has 0 N–H and O–H groups in total. The molecule has 0 bridgehead atoms. The molecule has 1 aliphatic heterocycles. The Morgan fingerprint density at radius 3 is 2.37 bits per heavy atom. The van der Waals surface area contributed by atoms with Crippen LogP contribution in [0.5, 0.6) is 0 Å². The first-order valence-corrected chi connectivity index (χ1v) is 19.2. The van der Waals surface area contributed by atoms with Crippen LogP contribution in [0.3, 0.4) is 0 Å². The van der Waals surface area contributed by atoms with Gasteiger partial charge in [0.25, 0.3) is 0 Å². The van der Waals surface area contributed by atoms with Crippen molar-refractivity contribution in [1.29, 1.82) is 0 Å². The first-order valence-electron chi connectivity index (χ1n) is 18.8. The number of thiol groups is 1. The van der Waals surface area contributed by atoms with Gasteiger partial charge in [-0.2, -0.15) is 0 Å². The van der Waals surface area contributed by atoms with E-state index in [9.17, 15) is 0 Å². The van der Waals surface area contributed by atoms with Crippen LogP contribution >= 0.6 is 12.6 Å². The van der Waals surface area contributed by atoms with E-state index in [1.165, 1.54) is 83.3 Å². The van der Waals surface area contributed by atoms with Crippen LogP contribution < -0.4 is 0 Å². The van der Waals surface area contributed by atoms with Gasteiger partial charge in [-0.05, 0) is 118 Å². The summed E-state index contributed by atoms with van der Waals surface area (Å²) in [6, 6.07) is 40.3. The van der Waals surface area contributed by atoms with Gasteiger partial charge >= 0.3 is 0 Å². The van der Waals surface area contributed by atoms with E-state index >= 15 is 0 Å². The largest absolute Gasteiger partial charge is 0.363 e. The van der Waals surface area contributed by atoms with Gasteiger partial charge in [0, 0.05) is 45.6 Å². The summed E-state index contributed by atoms with van der Waals surface area (Å²) in [5.74, 6) is 0. The van der Waals surface area contributed by atoms with E-state index in [0.29, 0.717) is 0 Å². The Labute approximate surface area is 312 Å². The third kappa shape index (κ3) is 4.93. The van der Waals surface area contributed by atoms with Crippen LogP contribution in [0, 0.1) is 0 Å². The second-order valence-corrected chi connectivity index (χ2v) is 15.8. The zero-order valence-electron chi connectivity index (χ0n) is 29.9. The predicted octanol–water partition coefficient (Wildman–Crippen LogP) is 12.6. The normalized spacial score (nSPS) is 17.5. The van der Waals surface area contributed by atoms with Gasteiger partial charge in [0.1, 0.15) is 0 Å². The van der Waals surface area contributed by atoms with Crippen molar-refractivity contribution in [2.24, 2.45) is 0 Å². The Hall–Kier alpha value is -5.25. The number of nitrogens with zero attached hydrogens (tertiary/aromatic N) is 2. The molecule has 1 aromatic heterocycles. The van der Waals surface area contributed by atoms with Crippen LogP contribution in [0.2, 0.25) is 0 Å².